The summed E-state index contributed by atoms with van der Waals surface area (Å²) in [5.74, 6) is 1.17. The minimum Gasteiger partial charge on any atom is -0.397 e. The maximum atomic E-state index is 13.4. The highest BCUT2D eigenvalue weighted by Gasteiger charge is 2.28. The van der Waals surface area contributed by atoms with Crippen molar-refractivity contribution in [2.45, 2.75) is 32.2 Å². The molecule has 2 aromatic heterocycles. The lowest BCUT2D eigenvalue weighted by atomic mass is 9.92. The molecule has 32 heavy (non-hydrogen) atoms. The zero-order valence-electron chi connectivity index (χ0n) is 18.2. The van der Waals surface area contributed by atoms with E-state index in [2.05, 4.69) is 15.6 Å². The SMILES string of the molecule is Cc1nccn1Cc1cccc(C(=O)N2CCCC(c3nc4ccccc4cc3N)C2)c1. The topological polar surface area (TPSA) is 77.0 Å². The summed E-state index contributed by atoms with van der Waals surface area (Å²) >= 11 is 0. The van der Waals surface area contributed by atoms with Gasteiger partial charge in [0.15, 0.2) is 0 Å². The molecular formula is C26H27N5O. The number of nitrogen functional groups attached to an aromatic ring is 1. The summed E-state index contributed by atoms with van der Waals surface area (Å²) in [6.07, 6.45) is 5.68. The predicted molar refractivity (Wildman–Crippen MR) is 127 cm³/mol. The van der Waals surface area contributed by atoms with Gasteiger partial charge in [-0.05, 0) is 49.6 Å². The van der Waals surface area contributed by atoms with Gasteiger partial charge in [0.05, 0.1) is 16.9 Å². The van der Waals surface area contributed by atoms with Crippen molar-refractivity contribution in [1.29, 1.82) is 0 Å². The van der Waals surface area contributed by atoms with E-state index in [1.54, 1.807) is 6.20 Å². The molecule has 0 aliphatic carbocycles. The highest BCUT2D eigenvalue weighted by molar-refractivity contribution is 5.94. The van der Waals surface area contributed by atoms with Gasteiger partial charge in [-0.3, -0.25) is 9.78 Å². The quantitative estimate of drug-likeness (QED) is 0.526. The molecular weight excluding hydrogens is 398 g/mol. The van der Waals surface area contributed by atoms with Gasteiger partial charge in [0.1, 0.15) is 5.82 Å². The molecule has 0 radical (unpaired) electrons. The van der Waals surface area contributed by atoms with E-state index in [-0.39, 0.29) is 11.8 Å². The number of hydrogen-bond acceptors (Lipinski definition) is 4. The number of anilines is 1. The first-order valence-corrected chi connectivity index (χ1v) is 11.1. The molecule has 5 rings (SSSR count). The summed E-state index contributed by atoms with van der Waals surface area (Å²) in [7, 11) is 0. The molecule has 2 N–H and O–H groups in total. The second-order valence-corrected chi connectivity index (χ2v) is 8.55. The van der Waals surface area contributed by atoms with E-state index in [0.29, 0.717) is 18.8 Å². The molecule has 1 aliphatic rings. The van der Waals surface area contributed by atoms with Gasteiger partial charge < -0.3 is 15.2 Å². The standard InChI is InChI=1S/C26H27N5O/c1-18-28-11-13-30(18)16-19-6-4-8-21(14-19)26(32)31-12-5-9-22(17-31)25-23(27)15-20-7-2-3-10-24(20)29-25/h2-4,6-8,10-11,13-15,22H,5,9,12,16-17,27H2,1H3. The molecule has 4 aromatic rings. The van der Waals surface area contributed by atoms with Gasteiger partial charge >= 0.3 is 0 Å². The summed E-state index contributed by atoms with van der Waals surface area (Å²) in [6.45, 7) is 4.08. The van der Waals surface area contributed by atoms with Crippen molar-refractivity contribution in [2.75, 3.05) is 18.8 Å². The van der Waals surface area contributed by atoms with E-state index in [1.165, 1.54) is 0 Å². The van der Waals surface area contributed by atoms with Gasteiger partial charge in [-0.25, -0.2) is 4.98 Å². The van der Waals surface area contributed by atoms with E-state index >= 15 is 0 Å². The zero-order valence-corrected chi connectivity index (χ0v) is 18.2. The van der Waals surface area contributed by atoms with Crippen LogP contribution in [0.25, 0.3) is 10.9 Å². The normalized spacial score (nSPS) is 16.4. The number of nitrogens with zero attached hydrogens (tertiary/aromatic N) is 4. The maximum Gasteiger partial charge on any atom is 0.253 e. The van der Waals surface area contributed by atoms with Crippen LogP contribution in [0.3, 0.4) is 0 Å². The second-order valence-electron chi connectivity index (χ2n) is 8.55. The molecule has 0 bridgehead atoms. The third-order valence-electron chi connectivity index (χ3n) is 6.33. The Labute approximate surface area is 187 Å². The smallest absolute Gasteiger partial charge is 0.253 e. The van der Waals surface area contributed by atoms with Crippen LogP contribution in [0.1, 0.15) is 46.2 Å². The van der Waals surface area contributed by atoms with E-state index in [0.717, 1.165) is 52.9 Å². The number of imidazole rings is 1. The number of piperidine rings is 1. The number of hydrogen-bond donors (Lipinski definition) is 1. The minimum absolute atomic E-state index is 0.0678. The number of nitrogens with two attached hydrogens (primary N) is 1. The van der Waals surface area contributed by atoms with Gasteiger partial charge in [0.2, 0.25) is 0 Å². The molecule has 1 unspecified atom stereocenters. The Balaban J connectivity index is 1.36. The number of pyridine rings is 1. The summed E-state index contributed by atoms with van der Waals surface area (Å²) in [5.41, 5.74) is 10.7. The lowest BCUT2D eigenvalue weighted by Gasteiger charge is -2.33. The molecule has 6 nitrogen and oxygen atoms in total. The van der Waals surface area contributed by atoms with Crippen molar-refractivity contribution in [2.24, 2.45) is 0 Å². The largest absolute Gasteiger partial charge is 0.397 e. The molecule has 2 aromatic carbocycles. The third kappa shape index (κ3) is 3.96. The number of amides is 1. The fourth-order valence-electron chi connectivity index (χ4n) is 4.61. The number of fused-ring (bicyclic) bond motifs is 1. The van der Waals surface area contributed by atoms with Crippen LogP contribution in [-0.2, 0) is 6.54 Å². The Hall–Kier alpha value is -3.67. The summed E-state index contributed by atoms with van der Waals surface area (Å²) in [5, 5.41) is 1.04. The van der Waals surface area contributed by atoms with E-state index in [9.17, 15) is 4.79 Å². The fraction of sp³-hybridized carbons (Fsp3) is 0.269. The van der Waals surface area contributed by atoms with Gasteiger partial charge in [0, 0.05) is 48.9 Å². The van der Waals surface area contributed by atoms with Gasteiger partial charge in [-0.15, -0.1) is 0 Å². The van der Waals surface area contributed by atoms with Gasteiger partial charge in [0.25, 0.3) is 5.91 Å². The van der Waals surface area contributed by atoms with Crippen molar-refractivity contribution in [3.8, 4) is 0 Å². The Morgan fingerprint density at radius 1 is 1.16 bits per heavy atom. The molecule has 3 heterocycles. The number of benzene rings is 2. The summed E-state index contributed by atoms with van der Waals surface area (Å²) < 4.78 is 2.08. The fourth-order valence-corrected chi connectivity index (χ4v) is 4.61. The first kappa shape index (κ1) is 20.2. The summed E-state index contributed by atoms with van der Waals surface area (Å²) in [6, 6.07) is 17.9. The number of carbonyl (C=O) groups is 1. The average Bonchev–Trinajstić information content (AvgIpc) is 3.22. The number of aromatic nitrogens is 3. The van der Waals surface area contributed by atoms with Crippen molar-refractivity contribution < 1.29 is 4.79 Å². The number of carbonyl (C=O) groups excluding carboxylic acids is 1. The Morgan fingerprint density at radius 3 is 2.88 bits per heavy atom. The van der Waals surface area contributed by atoms with Crippen LogP contribution >= 0.6 is 0 Å². The second kappa shape index (κ2) is 8.46. The highest BCUT2D eigenvalue weighted by Crippen LogP contribution is 2.32. The summed E-state index contributed by atoms with van der Waals surface area (Å²) in [4.78, 5) is 24.4. The van der Waals surface area contributed by atoms with E-state index in [1.807, 2.05) is 66.6 Å². The molecule has 1 aliphatic heterocycles. The molecule has 1 saturated heterocycles. The molecule has 1 amide bonds. The van der Waals surface area contributed by atoms with Crippen LogP contribution in [0.4, 0.5) is 5.69 Å². The molecule has 1 fully saturated rings. The highest BCUT2D eigenvalue weighted by atomic mass is 16.2. The maximum absolute atomic E-state index is 13.4. The lowest BCUT2D eigenvalue weighted by Crippen LogP contribution is -2.39. The molecule has 6 heteroatoms. The molecule has 0 spiro atoms. The number of para-hydroxylation sites is 1. The Kier molecular flexibility index (Phi) is 5.35. The minimum atomic E-state index is 0.0678. The molecule has 0 saturated carbocycles. The number of likely N-dealkylation sites (tertiary alicyclic amines) is 1. The van der Waals surface area contributed by atoms with Crippen molar-refractivity contribution >= 4 is 22.5 Å². The molecule has 1 atom stereocenters. The van der Waals surface area contributed by atoms with Crippen LogP contribution in [0.2, 0.25) is 0 Å². The molecule has 162 valence electrons. The van der Waals surface area contributed by atoms with Crippen molar-refractivity contribution in [3.63, 3.8) is 0 Å². The first-order valence-electron chi connectivity index (χ1n) is 11.1. The lowest BCUT2D eigenvalue weighted by molar-refractivity contribution is 0.0706. The monoisotopic (exact) mass is 425 g/mol. The zero-order chi connectivity index (χ0) is 22.1. The van der Waals surface area contributed by atoms with Crippen LogP contribution in [0.5, 0.6) is 0 Å². The van der Waals surface area contributed by atoms with Crippen LogP contribution < -0.4 is 5.73 Å². The first-order chi connectivity index (χ1) is 15.6. The van der Waals surface area contributed by atoms with Crippen molar-refractivity contribution in [3.05, 3.63) is 89.6 Å². The van der Waals surface area contributed by atoms with E-state index < -0.39 is 0 Å². The Bertz CT molecular complexity index is 1280. The number of aryl methyl sites for hydroxylation is 1. The predicted octanol–water partition coefficient (Wildman–Crippen LogP) is 4.39. The van der Waals surface area contributed by atoms with Gasteiger partial charge in [-0.2, -0.15) is 0 Å². The van der Waals surface area contributed by atoms with E-state index in [4.69, 9.17) is 10.7 Å². The van der Waals surface area contributed by atoms with Crippen LogP contribution in [0, 0.1) is 6.92 Å². The van der Waals surface area contributed by atoms with Crippen LogP contribution in [0.15, 0.2) is 67.0 Å². The van der Waals surface area contributed by atoms with Crippen LogP contribution in [-0.4, -0.2) is 38.4 Å². The van der Waals surface area contributed by atoms with Crippen molar-refractivity contribution in [1.82, 2.24) is 19.4 Å². The third-order valence-corrected chi connectivity index (χ3v) is 6.33. The number of rotatable bonds is 4. The Morgan fingerprint density at radius 2 is 2.03 bits per heavy atom. The average molecular weight is 426 g/mol. The van der Waals surface area contributed by atoms with Gasteiger partial charge in [-0.1, -0.05) is 30.3 Å².